The molecule has 2 rings (SSSR count). The van der Waals surface area contributed by atoms with Crippen molar-refractivity contribution in [3.63, 3.8) is 0 Å². The third kappa shape index (κ3) is 3.67. The molecule has 0 amide bonds. The fraction of sp³-hybridized carbons (Fsp3) is 0.200. The zero-order chi connectivity index (χ0) is 13.8. The van der Waals surface area contributed by atoms with Gasteiger partial charge in [-0.25, -0.2) is 4.39 Å². The Hall–Kier alpha value is -1.14. The fourth-order valence-corrected chi connectivity index (χ4v) is 2.28. The summed E-state index contributed by atoms with van der Waals surface area (Å²) < 4.78 is 19.7. The van der Waals surface area contributed by atoms with Gasteiger partial charge in [0.05, 0.1) is 7.11 Å². The molecule has 1 unspecified atom stereocenters. The van der Waals surface area contributed by atoms with Gasteiger partial charge in [-0.15, -0.1) is 0 Å². The van der Waals surface area contributed by atoms with Crippen LogP contribution in [0.4, 0.5) is 4.39 Å². The lowest BCUT2D eigenvalue weighted by molar-refractivity contribution is 0.386. The highest BCUT2D eigenvalue weighted by atomic mass is 127. The minimum Gasteiger partial charge on any atom is -0.494 e. The third-order valence-electron chi connectivity index (χ3n) is 2.97. The predicted octanol–water partition coefficient (Wildman–Crippen LogP) is 3.68. The van der Waals surface area contributed by atoms with E-state index in [0.29, 0.717) is 6.42 Å². The first-order valence-corrected chi connectivity index (χ1v) is 7.01. The summed E-state index contributed by atoms with van der Waals surface area (Å²) in [5.41, 5.74) is 8.06. The van der Waals surface area contributed by atoms with Gasteiger partial charge in [0.25, 0.3) is 0 Å². The van der Waals surface area contributed by atoms with Gasteiger partial charge in [-0.2, -0.15) is 0 Å². The highest BCUT2D eigenvalue weighted by molar-refractivity contribution is 14.1. The van der Waals surface area contributed by atoms with E-state index in [-0.39, 0.29) is 17.6 Å². The van der Waals surface area contributed by atoms with Crippen LogP contribution in [0.1, 0.15) is 17.2 Å². The summed E-state index contributed by atoms with van der Waals surface area (Å²) in [5.74, 6) is -0.0959. The second-order valence-electron chi connectivity index (χ2n) is 4.33. The number of ether oxygens (including phenoxy) is 1. The van der Waals surface area contributed by atoms with Gasteiger partial charge in [0.1, 0.15) is 0 Å². The average Bonchev–Trinajstić information content (AvgIpc) is 2.39. The van der Waals surface area contributed by atoms with Gasteiger partial charge in [-0.1, -0.05) is 18.2 Å². The summed E-state index contributed by atoms with van der Waals surface area (Å²) in [6.45, 7) is 0. The molecule has 100 valence electrons. The SMILES string of the molecule is COc1ccc(CC(N)c2ccc(I)cc2)cc1F. The number of hydrogen-bond donors (Lipinski definition) is 1. The van der Waals surface area contributed by atoms with Crippen molar-refractivity contribution in [1.82, 2.24) is 0 Å². The second kappa shape index (κ2) is 6.34. The number of nitrogens with two attached hydrogens (primary N) is 1. The molecule has 0 aliphatic heterocycles. The zero-order valence-corrected chi connectivity index (χ0v) is 12.7. The Balaban J connectivity index is 2.12. The van der Waals surface area contributed by atoms with E-state index in [2.05, 4.69) is 22.6 Å². The van der Waals surface area contributed by atoms with Crippen LogP contribution in [0.3, 0.4) is 0 Å². The number of rotatable bonds is 4. The maximum absolute atomic E-state index is 13.6. The van der Waals surface area contributed by atoms with E-state index < -0.39 is 0 Å². The van der Waals surface area contributed by atoms with Crippen molar-refractivity contribution in [2.45, 2.75) is 12.5 Å². The van der Waals surface area contributed by atoms with Crippen LogP contribution in [0, 0.1) is 9.39 Å². The van der Waals surface area contributed by atoms with Crippen LogP contribution in [0.5, 0.6) is 5.75 Å². The molecule has 2 N–H and O–H groups in total. The second-order valence-corrected chi connectivity index (χ2v) is 5.58. The Morgan fingerprint density at radius 1 is 1.21 bits per heavy atom. The van der Waals surface area contributed by atoms with Gasteiger partial charge < -0.3 is 10.5 Å². The first-order valence-electron chi connectivity index (χ1n) is 5.93. The summed E-state index contributed by atoms with van der Waals surface area (Å²) in [7, 11) is 1.45. The highest BCUT2D eigenvalue weighted by Crippen LogP contribution is 2.22. The largest absolute Gasteiger partial charge is 0.494 e. The van der Waals surface area contributed by atoms with E-state index in [9.17, 15) is 4.39 Å². The molecule has 0 saturated heterocycles. The molecule has 0 aliphatic rings. The molecule has 0 heterocycles. The van der Waals surface area contributed by atoms with Crippen LogP contribution in [0.15, 0.2) is 42.5 Å². The summed E-state index contributed by atoms with van der Waals surface area (Å²) in [6, 6.07) is 12.9. The van der Waals surface area contributed by atoms with Gasteiger partial charge in [-0.3, -0.25) is 0 Å². The molecule has 0 aromatic heterocycles. The third-order valence-corrected chi connectivity index (χ3v) is 3.69. The minimum absolute atomic E-state index is 0.134. The maximum atomic E-state index is 13.6. The molecule has 0 aliphatic carbocycles. The highest BCUT2D eigenvalue weighted by Gasteiger charge is 2.09. The van der Waals surface area contributed by atoms with Crippen molar-refractivity contribution < 1.29 is 9.13 Å². The van der Waals surface area contributed by atoms with Crippen molar-refractivity contribution in [2.24, 2.45) is 5.73 Å². The molecule has 4 heteroatoms. The predicted molar refractivity (Wildman–Crippen MR) is 82.7 cm³/mol. The number of methoxy groups -OCH3 is 1. The molecule has 2 aromatic carbocycles. The number of hydrogen-bond acceptors (Lipinski definition) is 2. The van der Waals surface area contributed by atoms with Gasteiger partial charge in [0.2, 0.25) is 0 Å². The standard InChI is InChI=1S/C15H15FINO/c1-19-15-7-2-10(8-13(15)16)9-14(18)11-3-5-12(17)6-4-11/h2-8,14H,9,18H2,1H3. The van der Waals surface area contributed by atoms with Gasteiger partial charge in [0.15, 0.2) is 11.6 Å². The monoisotopic (exact) mass is 371 g/mol. The van der Waals surface area contributed by atoms with E-state index in [1.165, 1.54) is 16.7 Å². The van der Waals surface area contributed by atoms with Gasteiger partial charge in [-0.05, 0) is 64.4 Å². The Morgan fingerprint density at radius 3 is 2.47 bits per heavy atom. The molecule has 0 spiro atoms. The number of halogens is 2. The lowest BCUT2D eigenvalue weighted by Crippen LogP contribution is -2.13. The first kappa shape index (κ1) is 14.3. The quantitative estimate of drug-likeness (QED) is 0.833. The minimum atomic E-state index is -0.352. The Labute approximate surface area is 125 Å². The topological polar surface area (TPSA) is 35.2 Å². The summed E-state index contributed by atoms with van der Waals surface area (Å²) in [6.07, 6.45) is 0.599. The molecular weight excluding hydrogens is 356 g/mol. The molecule has 2 aromatic rings. The summed E-state index contributed by atoms with van der Waals surface area (Å²) in [4.78, 5) is 0. The molecule has 0 fully saturated rings. The normalized spacial score (nSPS) is 12.2. The average molecular weight is 371 g/mol. The molecule has 0 saturated carbocycles. The fourth-order valence-electron chi connectivity index (χ4n) is 1.92. The molecular formula is C15H15FINO. The molecule has 0 bridgehead atoms. The Morgan fingerprint density at radius 2 is 1.89 bits per heavy atom. The zero-order valence-electron chi connectivity index (χ0n) is 10.6. The van der Waals surface area contributed by atoms with Crippen LogP contribution in [0.25, 0.3) is 0 Å². The first-order chi connectivity index (χ1) is 9.10. The van der Waals surface area contributed by atoms with Crippen LogP contribution in [0.2, 0.25) is 0 Å². The van der Waals surface area contributed by atoms with E-state index in [0.717, 1.165) is 11.1 Å². The van der Waals surface area contributed by atoms with Crippen LogP contribution < -0.4 is 10.5 Å². The summed E-state index contributed by atoms with van der Waals surface area (Å²) >= 11 is 2.25. The molecule has 2 nitrogen and oxygen atoms in total. The van der Waals surface area contributed by atoms with Gasteiger partial charge >= 0.3 is 0 Å². The Bertz CT molecular complexity index is 557. The molecule has 19 heavy (non-hydrogen) atoms. The lowest BCUT2D eigenvalue weighted by atomic mass is 10.00. The van der Waals surface area contributed by atoms with Crippen molar-refractivity contribution in [1.29, 1.82) is 0 Å². The smallest absolute Gasteiger partial charge is 0.165 e. The van der Waals surface area contributed by atoms with E-state index in [1.807, 2.05) is 30.3 Å². The van der Waals surface area contributed by atoms with Crippen molar-refractivity contribution in [2.75, 3.05) is 7.11 Å². The number of benzene rings is 2. The maximum Gasteiger partial charge on any atom is 0.165 e. The van der Waals surface area contributed by atoms with Crippen LogP contribution >= 0.6 is 22.6 Å². The van der Waals surface area contributed by atoms with Crippen LogP contribution in [-0.2, 0) is 6.42 Å². The lowest BCUT2D eigenvalue weighted by Gasteiger charge is -2.13. The van der Waals surface area contributed by atoms with Gasteiger partial charge in [0, 0.05) is 9.61 Å². The van der Waals surface area contributed by atoms with Crippen LogP contribution in [-0.4, -0.2) is 7.11 Å². The Kier molecular flexibility index (Phi) is 4.76. The van der Waals surface area contributed by atoms with E-state index >= 15 is 0 Å². The molecule has 1 atom stereocenters. The van der Waals surface area contributed by atoms with E-state index in [4.69, 9.17) is 10.5 Å². The summed E-state index contributed by atoms with van der Waals surface area (Å²) in [5, 5.41) is 0. The molecule has 0 radical (unpaired) electrons. The van der Waals surface area contributed by atoms with Crippen molar-refractivity contribution in [3.05, 3.63) is 63.0 Å². The van der Waals surface area contributed by atoms with Crippen molar-refractivity contribution in [3.8, 4) is 5.75 Å². The van der Waals surface area contributed by atoms with E-state index in [1.54, 1.807) is 6.07 Å². The van der Waals surface area contributed by atoms with Crippen molar-refractivity contribution >= 4 is 22.6 Å².